The van der Waals surface area contributed by atoms with E-state index in [-0.39, 0.29) is 11.6 Å². The molecule has 1 amide bonds. The van der Waals surface area contributed by atoms with Crippen LogP contribution in [0.2, 0.25) is 0 Å². The number of amides is 1. The van der Waals surface area contributed by atoms with Gasteiger partial charge in [0.15, 0.2) is 5.01 Å². The molecule has 1 N–H and O–H groups in total. The zero-order chi connectivity index (χ0) is 15.5. The van der Waals surface area contributed by atoms with E-state index in [9.17, 15) is 14.9 Å². The molecule has 0 bridgehead atoms. The Hall–Kier alpha value is -2.65. The van der Waals surface area contributed by atoms with Crippen LogP contribution in [0.3, 0.4) is 0 Å². The second-order valence-corrected chi connectivity index (χ2v) is 6.07. The zero-order valence-corrected chi connectivity index (χ0v) is 12.6. The first-order valence-corrected chi connectivity index (χ1v) is 7.76. The number of carbonyl (C=O) groups excluding carboxylic acids is 1. The van der Waals surface area contributed by atoms with Crippen molar-refractivity contribution in [3.8, 4) is 9.88 Å². The second kappa shape index (κ2) is 6.00. The van der Waals surface area contributed by atoms with Crippen molar-refractivity contribution in [3.05, 3.63) is 57.5 Å². The third-order valence-corrected chi connectivity index (χ3v) is 4.60. The van der Waals surface area contributed by atoms with Crippen LogP contribution in [0.1, 0.15) is 10.4 Å². The summed E-state index contributed by atoms with van der Waals surface area (Å²) in [4.78, 5) is 23.1. The first-order valence-electron chi connectivity index (χ1n) is 6.06. The minimum Gasteiger partial charge on any atom is -0.296 e. The Balaban J connectivity index is 1.73. The number of anilines is 1. The largest absolute Gasteiger partial charge is 0.296 e. The van der Waals surface area contributed by atoms with Crippen LogP contribution in [-0.2, 0) is 0 Å². The normalized spacial score (nSPS) is 10.4. The Morgan fingerprint density at radius 2 is 1.95 bits per heavy atom. The van der Waals surface area contributed by atoms with Crippen LogP contribution >= 0.6 is 22.7 Å². The Kier molecular flexibility index (Phi) is 3.90. The molecule has 1 aromatic carbocycles. The Labute approximate surface area is 132 Å². The van der Waals surface area contributed by atoms with Gasteiger partial charge in [0.25, 0.3) is 11.6 Å². The summed E-state index contributed by atoms with van der Waals surface area (Å²) in [6.45, 7) is 0. The van der Waals surface area contributed by atoms with Crippen LogP contribution in [0.5, 0.6) is 0 Å². The number of carbonyl (C=O) groups is 1. The highest BCUT2D eigenvalue weighted by Gasteiger charge is 2.13. The molecular formula is C13H8N4O3S2. The lowest BCUT2D eigenvalue weighted by Gasteiger charge is -2.00. The number of nitrogens with one attached hydrogen (secondary N) is 1. The van der Waals surface area contributed by atoms with E-state index in [4.69, 9.17) is 0 Å². The summed E-state index contributed by atoms with van der Waals surface area (Å²) in [5.41, 5.74) is 0.255. The van der Waals surface area contributed by atoms with E-state index in [2.05, 4.69) is 15.5 Å². The molecule has 3 rings (SSSR count). The molecule has 0 saturated carbocycles. The fourth-order valence-corrected chi connectivity index (χ4v) is 3.21. The maximum Gasteiger partial charge on any atom is 0.269 e. The number of hydrogen-bond acceptors (Lipinski definition) is 7. The summed E-state index contributed by atoms with van der Waals surface area (Å²) >= 11 is 2.81. The molecule has 7 nitrogen and oxygen atoms in total. The van der Waals surface area contributed by atoms with Crippen molar-refractivity contribution in [2.45, 2.75) is 0 Å². The van der Waals surface area contributed by atoms with Crippen molar-refractivity contribution < 1.29 is 9.72 Å². The van der Waals surface area contributed by atoms with Gasteiger partial charge in [0.2, 0.25) is 5.13 Å². The highest BCUT2D eigenvalue weighted by molar-refractivity contribution is 7.23. The van der Waals surface area contributed by atoms with Crippen molar-refractivity contribution in [1.29, 1.82) is 0 Å². The van der Waals surface area contributed by atoms with Crippen LogP contribution in [0.15, 0.2) is 41.8 Å². The molecule has 0 aliphatic rings. The third kappa shape index (κ3) is 3.00. The fourth-order valence-electron chi connectivity index (χ4n) is 1.68. The molecule has 0 radical (unpaired) electrons. The van der Waals surface area contributed by atoms with E-state index in [1.807, 2.05) is 17.5 Å². The molecule has 22 heavy (non-hydrogen) atoms. The smallest absolute Gasteiger partial charge is 0.269 e. The summed E-state index contributed by atoms with van der Waals surface area (Å²) in [6.07, 6.45) is 0. The number of benzene rings is 1. The zero-order valence-electron chi connectivity index (χ0n) is 10.9. The van der Waals surface area contributed by atoms with Gasteiger partial charge in [-0.3, -0.25) is 20.2 Å². The van der Waals surface area contributed by atoms with Crippen LogP contribution in [0, 0.1) is 10.1 Å². The van der Waals surface area contributed by atoms with Gasteiger partial charge in [0.05, 0.1) is 9.80 Å². The van der Waals surface area contributed by atoms with Crippen molar-refractivity contribution in [3.63, 3.8) is 0 Å². The maximum absolute atomic E-state index is 12.1. The van der Waals surface area contributed by atoms with E-state index < -0.39 is 4.92 Å². The Morgan fingerprint density at radius 3 is 2.59 bits per heavy atom. The topological polar surface area (TPSA) is 98.0 Å². The van der Waals surface area contributed by atoms with Crippen molar-refractivity contribution in [2.75, 3.05) is 5.32 Å². The van der Waals surface area contributed by atoms with Crippen molar-refractivity contribution in [1.82, 2.24) is 10.2 Å². The highest BCUT2D eigenvalue weighted by atomic mass is 32.1. The van der Waals surface area contributed by atoms with Gasteiger partial charge in [0, 0.05) is 17.7 Å². The maximum atomic E-state index is 12.1. The average Bonchev–Trinajstić information content (AvgIpc) is 3.18. The number of nitrogens with zero attached hydrogens (tertiary/aromatic N) is 3. The van der Waals surface area contributed by atoms with Gasteiger partial charge in [-0.25, -0.2) is 0 Å². The van der Waals surface area contributed by atoms with E-state index in [1.54, 1.807) is 11.3 Å². The summed E-state index contributed by atoms with van der Waals surface area (Å²) in [7, 11) is 0. The molecule has 0 atom stereocenters. The number of non-ortho nitro benzene ring substituents is 1. The summed E-state index contributed by atoms with van der Waals surface area (Å²) in [6, 6.07) is 9.20. The van der Waals surface area contributed by atoms with Gasteiger partial charge in [-0.1, -0.05) is 17.4 Å². The van der Waals surface area contributed by atoms with Gasteiger partial charge in [-0.05, 0) is 23.6 Å². The predicted octanol–water partition coefficient (Wildman–Crippen LogP) is 3.43. The number of hydrogen-bond donors (Lipinski definition) is 1. The average molecular weight is 332 g/mol. The summed E-state index contributed by atoms with van der Waals surface area (Å²) in [5.74, 6) is -0.385. The first-order chi connectivity index (χ1) is 10.6. The standard InChI is InChI=1S/C13H8N4O3S2/c18-11(8-3-5-9(6-4-8)17(19)20)14-13-16-15-12(22-13)10-2-1-7-21-10/h1-7H,(H,14,16,18). The number of rotatable bonds is 4. The van der Waals surface area contributed by atoms with Gasteiger partial charge in [0.1, 0.15) is 0 Å². The monoisotopic (exact) mass is 332 g/mol. The van der Waals surface area contributed by atoms with E-state index in [0.29, 0.717) is 10.7 Å². The molecule has 0 fully saturated rings. The Bertz CT molecular complexity index is 812. The van der Waals surface area contributed by atoms with Crippen LogP contribution in [0.4, 0.5) is 10.8 Å². The molecule has 0 aliphatic carbocycles. The molecule has 0 aliphatic heterocycles. The highest BCUT2D eigenvalue weighted by Crippen LogP contribution is 2.29. The molecule has 0 saturated heterocycles. The molecular weight excluding hydrogens is 324 g/mol. The lowest BCUT2D eigenvalue weighted by molar-refractivity contribution is -0.384. The van der Waals surface area contributed by atoms with Gasteiger partial charge < -0.3 is 0 Å². The predicted molar refractivity (Wildman–Crippen MR) is 84.3 cm³/mol. The Morgan fingerprint density at radius 1 is 1.18 bits per heavy atom. The van der Waals surface area contributed by atoms with Crippen LogP contribution < -0.4 is 5.32 Å². The lowest BCUT2D eigenvalue weighted by Crippen LogP contribution is -2.11. The SMILES string of the molecule is O=C(Nc1nnc(-c2cccs2)s1)c1ccc([N+](=O)[O-])cc1. The summed E-state index contributed by atoms with van der Waals surface area (Å²) in [5, 5.41) is 24.2. The first kappa shape index (κ1) is 14.3. The number of nitro benzene ring substituents is 1. The number of thiophene rings is 1. The minimum absolute atomic E-state index is 0.0625. The number of aromatic nitrogens is 2. The van der Waals surface area contributed by atoms with Crippen LogP contribution in [-0.4, -0.2) is 21.0 Å². The minimum atomic E-state index is -0.514. The fraction of sp³-hybridized carbons (Fsp3) is 0. The van der Waals surface area contributed by atoms with Crippen molar-refractivity contribution >= 4 is 39.4 Å². The number of nitro groups is 1. The molecule has 9 heteroatoms. The van der Waals surface area contributed by atoms with Crippen LogP contribution in [0.25, 0.3) is 9.88 Å². The van der Waals surface area contributed by atoms with E-state index in [1.165, 1.54) is 35.6 Å². The molecule has 2 heterocycles. The molecule has 0 spiro atoms. The van der Waals surface area contributed by atoms with Gasteiger partial charge >= 0.3 is 0 Å². The van der Waals surface area contributed by atoms with E-state index >= 15 is 0 Å². The quantitative estimate of drug-likeness (QED) is 0.583. The molecule has 0 unspecified atom stereocenters. The molecule has 2 aromatic heterocycles. The lowest BCUT2D eigenvalue weighted by atomic mass is 10.2. The van der Waals surface area contributed by atoms with Crippen molar-refractivity contribution in [2.24, 2.45) is 0 Å². The molecule has 110 valence electrons. The molecule has 3 aromatic rings. The second-order valence-electron chi connectivity index (χ2n) is 4.15. The van der Waals surface area contributed by atoms with E-state index in [0.717, 1.165) is 9.88 Å². The third-order valence-electron chi connectivity index (χ3n) is 2.72. The van der Waals surface area contributed by atoms with Gasteiger partial charge in [-0.2, -0.15) is 0 Å². The van der Waals surface area contributed by atoms with Gasteiger partial charge in [-0.15, -0.1) is 21.5 Å². The summed E-state index contributed by atoms with van der Waals surface area (Å²) < 4.78 is 0.